The highest BCUT2D eigenvalue weighted by Gasteiger charge is 2.42. The summed E-state index contributed by atoms with van der Waals surface area (Å²) in [5.74, 6) is 0.0761. The molecule has 1 aliphatic rings. The van der Waals surface area contributed by atoms with Gasteiger partial charge in [-0.25, -0.2) is 0 Å². The zero-order chi connectivity index (χ0) is 10.9. The number of nitrogens with zero attached hydrogens (tertiary/aromatic N) is 1. The van der Waals surface area contributed by atoms with Crippen LogP contribution in [0.5, 0.6) is 0 Å². The Hall–Kier alpha value is -1.64. The molecular weight excluding hydrogens is 188 g/mol. The SMILES string of the molecule is CC1(C)CC(=O)N/[N+]1=C\c1ccccc1. The molecule has 1 fully saturated rings. The van der Waals surface area contributed by atoms with Gasteiger partial charge in [0.15, 0.2) is 5.54 Å². The Bertz CT molecular complexity index is 407. The summed E-state index contributed by atoms with van der Waals surface area (Å²) in [6.45, 7) is 4.09. The van der Waals surface area contributed by atoms with Crippen LogP contribution in [0.15, 0.2) is 30.3 Å². The molecule has 1 aromatic rings. The molecule has 1 aromatic carbocycles. The van der Waals surface area contributed by atoms with Crippen LogP contribution < -0.4 is 5.43 Å². The Balaban J connectivity index is 2.32. The van der Waals surface area contributed by atoms with E-state index in [1.54, 1.807) is 0 Å². The number of benzene rings is 1. The first kappa shape index (κ1) is 9.90. The number of hydrogen-bond donors (Lipinski definition) is 1. The summed E-state index contributed by atoms with van der Waals surface area (Å²) in [6, 6.07) is 9.97. The average molecular weight is 203 g/mol. The molecular formula is C12H15N2O+. The molecule has 0 bridgehead atoms. The summed E-state index contributed by atoms with van der Waals surface area (Å²) in [4.78, 5) is 11.3. The summed E-state index contributed by atoms with van der Waals surface area (Å²) >= 11 is 0. The third kappa shape index (κ3) is 2.06. The zero-order valence-corrected chi connectivity index (χ0v) is 9.03. The molecule has 0 radical (unpaired) electrons. The minimum absolute atomic E-state index is 0.0761. The quantitative estimate of drug-likeness (QED) is 0.686. The van der Waals surface area contributed by atoms with Gasteiger partial charge in [0.2, 0.25) is 6.21 Å². The number of amides is 1. The maximum absolute atomic E-state index is 11.3. The van der Waals surface area contributed by atoms with E-state index in [-0.39, 0.29) is 11.4 Å². The third-order valence-corrected chi connectivity index (χ3v) is 2.57. The number of rotatable bonds is 1. The average Bonchev–Trinajstić information content (AvgIpc) is 2.41. The van der Waals surface area contributed by atoms with Gasteiger partial charge in [0.1, 0.15) is 0 Å². The van der Waals surface area contributed by atoms with Crippen molar-refractivity contribution >= 4 is 12.1 Å². The van der Waals surface area contributed by atoms with Gasteiger partial charge in [0, 0.05) is 19.4 Å². The number of carbonyl (C=O) groups is 1. The van der Waals surface area contributed by atoms with Gasteiger partial charge in [0.25, 0.3) is 5.91 Å². The van der Waals surface area contributed by atoms with E-state index in [2.05, 4.69) is 5.43 Å². The molecule has 0 atom stereocenters. The number of nitrogens with one attached hydrogen (secondary N) is 1. The van der Waals surface area contributed by atoms with Crippen molar-refractivity contribution in [1.29, 1.82) is 0 Å². The molecule has 1 saturated heterocycles. The maximum atomic E-state index is 11.3. The van der Waals surface area contributed by atoms with Gasteiger partial charge in [-0.15, -0.1) is 10.1 Å². The summed E-state index contributed by atoms with van der Waals surface area (Å²) < 4.78 is 1.88. The topological polar surface area (TPSA) is 32.1 Å². The van der Waals surface area contributed by atoms with E-state index in [4.69, 9.17) is 0 Å². The molecule has 0 unspecified atom stereocenters. The van der Waals surface area contributed by atoms with Crippen LogP contribution in [-0.2, 0) is 4.79 Å². The van der Waals surface area contributed by atoms with Crippen LogP contribution >= 0.6 is 0 Å². The van der Waals surface area contributed by atoms with Gasteiger partial charge >= 0.3 is 0 Å². The molecule has 3 heteroatoms. The van der Waals surface area contributed by atoms with Gasteiger partial charge in [-0.1, -0.05) is 18.2 Å². The molecule has 78 valence electrons. The van der Waals surface area contributed by atoms with E-state index in [1.165, 1.54) is 0 Å². The molecule has 0 aromatic heterocycles. The van der Waals surface area contributed by atoms with E-state index >= 15 is 0 Å². The Morgan fingerprint density at radius 2 is 2.00 bits per heavy atom. The minimum atomic E-state index is -0.146. The van der Waals surface area contributed by atoms with E-state index in [9.17, 15) is 4.79 Å². The maximum Gasteiger partial charge on any atom is 0.281 e. The number of hydrazone groups is 1. The van der Waals surface area contributed by atoms with Crippen molar-refractivity contribution in [3.05, 3.63) is 35.9 Å². The van der Waals surface area contributed by atoms with Crippen molar-refractivity contribution in [3.8, 4) is 0 Å². The van der Waals surface area contributed by atoms with E-state index < -0.39 is 0 Å². The van der Waals surface area contributed by atoms with Gasteiger partial charge in [-0.2, -0.15) is 0 Å². The smallest absolute Gasteiger partial charge is 0.269 e. The first-order valence-corrected chi connectivity index (χ1v) is 5.07. The van der Waals surface area contributed by atoms with E-state index in [0.717, 1.165) is 5.56 Å². The molecule has 0 spiro atoms. The first-order chi connectivity index (χ1) is 7.08. The molecule has 1 heterocycles. The lowest BCUT2D eigenvalue weighted by Gasteiger charge is -2.09. The molecule has 3 nitrogen and oxygen atoms in total. The van der Waals surface area contributed by atoms with Crippen LogP contribution in [0.2, 0.25) is 0 Å². The van der Waals surface area contributed by atoms with Gasteiger partial charge < -0.3 is 0 Å². The highest BCUT2D eigenvalue weighted by atomic mass is 16.2. The largest absolute Gasteiger partial charge is 0.281 e. The van der Waals surface area contributed by atoms with Crippen LogP contribution in [0.4, 0.5) is 0 Å². The fourth-order valence-corrected chi connectivity index (χ4v) is 1.70. The summed E-state index contributed by atoms with van der Waals surface area (Å²) in [7, 11) is 0. The molecule has 2 rings (SSSR count). The van der Waals surface area contributed by atoms with Crippen molar-refractivity contribution in [3.63, 3.8) is 0 Å². The fraction of sp³-hybridized carbons (Fsp3) is 0.333. The van der Waals surface area contributed by atoms with Gasteiger partial charge in [-0.05, 0) is 12.1 Å². The Morgan fingerprint density at radius 3 is 2.53 bits per heavy atom. The fourth-order valence-electron chi connectivity index (χ4n) is 1.70. The van der Waals surface area contributed by atoms with E-state index in [0.29, 0.717) is 6.42 Å². The first-order valence-electron chi connectivity index (χ1n) is 5.07. The summed E-state index contributed by atoms with van der Waals surface area (Å²) in [5, 5.41) is 0. The molecule has 15 heavy (non-hydrogen) atoms. The predicted octanol–water partition coefficient (Wildman–Crippen LogP) is 1.33. The normalized spacial score (nSPS) is 21.7. The molecule has 1 aliphatic heterocycles. The predicted molar refractivity (Wildman–Crippen MR) is 58.7 cm³/mol. The van der Waals surface area contributed by atoms with Crippen LogP contribution in [0, 0.1) is 0 Å². The lowest BCUT2D eigenvalue weighted by Crippen LogP contribution is -2.36. The van der Waals surface area contributed by atoms with Crippen LogP contribution in [-0.4, -0.2) is 22.3 Å². The zero-order valence-electron chi connectivity index (χ0n) is 9.03. The Kier molecular flexibility index (Phi) is 2.31. The van der Waals surface area contributed by atoms with Crippen molar-refractivity contribution in [2.45, 2.75) is 25.8 Å². The second-order valence-electron chi connectivity index (χ2n) is 4.43. The monoisotopic (exact) mass is 203 g/mol. The number of hydrazine groups is 1. The van der Waals surface area contributed by atoms with Gasteiger partial charge in [-0.3, -0.25) is 4.79 Å². The summed E-state index contributed by atoms with van der Waals surface area (Å²) in [5.41, 5.74) is 3.78. The van der Waals surface area contributed by atoms with Crippen molar-refractivity contribution in [2.24, 2.45) is 0 Å². The Labute approximate surface area is 89.4 Å². The summed E-state index contributed by atoms with van der Waals surface area (Å²) in [6.07, 6.45) is 2.50. The standard InChI is InChI=1S/C12H14N2O/c1-12(2)8-11(15)13-14(12)9-10-6-4-3-5-7-10/h3-7,9H,8H2,1-2H3/p+1/b14-9-. The Morgan fingerprint density at radius 1 is 1.33 bits per heavy atom. The second kappa shape index (κ2) is 3.50. The highest BCUT2D eigenvalue weighted by molar-refractivity contribution is 5.80. The lowest BCUT2D eigenvalue weighted by molar-refractivity contribution is -0.620. The van der Waals surface area contributed by atoms with Crippen LogP contribution in [0.1, 0.15) is 25.8 Å². The molecule has 0 saturated carbocycles. The lowest BCUT2D eigenvalue weighted by atomic mass is 10.0. The van der Waals surface area contributed by atoms with Crippen molar-refractivity contribution < 1.29 is 9.48 Å². The number of carbonyl (C=O) groups excluding carboxylic acids is 1. The van der Waals surface area contributed by atoms with Gasteiger partial charge in [0.05, 0.1) is 6.42 Å². The minimum Gasteiger partial charge on any atom is -0.269 e. The van der Waals surface area contributed by atoms with Crippen LogP contribution in [0.3, 0.4) is 0 Å². The van der Waals surface area contributed by atoms with Crippen molar-refractivity contribution in [1.82, 2.24) is 5.43 Å². The van der Waals surface area contributed by atoms with E-state index in [1.807, 2.05) is 55.1 Å². The number of hydrogen-bond acceptors (Lipinski definition) is 1. The van der Waals surface area contributed by atoms with Crippen LogP contribution in [0.25, 0.3) is 0 Å². The second-order valence-corrected chi connectivity index (χ2v) is 4.43. The molecule has 1 N–H and O–H groups in total. The molecule has 1 amide bonds. The third-order valence-electron chi connectivity index (χ3n) is 2.57. The van der Waals surface area contributed by atoms with Crippen molar-refractivity contribution in [2.75, 3.05) is 0 Å². The highest BCUT2D eigenvalue weighted by Crippen LogP contribution is 2.18. The molecule has 0 aliphatic carbocycles.